The third-order valence-corrected chi connectivity index (χ3v) is 5.73. The van der Waals surface area contributed by atoms with Crippen molar-refractivity contribution >= 4 is 11.5 Å². The van der Waals surface area contributed by atoms with Gasteiger partial charge in [0.25, 0.3) is 0 Å². The van der Waals surface area contributed by atoms with Crippen molar-refractivity contribution in [1.82, 2.24) is 0 Å². The molecule has 148 valence electrons. The molecule has 1 aromatic carbocycles. The summed E-state index contributed by atoms with van der Waals surface area (Å²) in [7, 11) is 3.00. The van der Waals surface area contributed by atoms with Crippen LogP contribution < -0.4 is 9.47 Å². The highest BCUT2D eigenvalue weighted by Crippen LogP contribution is 2.52. The number of hydrogen-bond donors (Lipinski definition) is 0. The summed E-state index contributed by atoms with van der Waals surface area (Å²) in [5, 5.41) is 0. The topological polar surface area (TPSA) is 63.2 Å². The van der Waals surface area contributed by atoms with Crippen LogP contribution in [0, 0.1) is 5.92 Å². The molecule has 0 fully saturated rings. The summed E-state index contributed by atoms with van der Waals surface area (Å²) in [4.78, 5) is 12.9. The van der Waals surface area contributed by atoms with Gasteiger partial charge in [-0.05, 0) is 35.8 Å². The van der Waals surface area contributed by atoms with E-state index in [1.807, 2.05) is 18.2 Å². The van der Waals surface area contributed by atoms with Crippen molar-refractivity contribution in [3.8, 4) is 11.5 Å². The van der Waals surface area contributed by atoms with Crippen molar-refractivity contribution in [3.63, 3.8) is 0 Å². The molecule has 0 aromatic heterocycles. The van der Waals surface area contributed by atoms with Gasteiger partial charge < -0.3 is 23.7 Å². The Morgan fingerprint density at radius 2 is 2.10 bits per heavy atom. The van der Waals surface area contributed by atoms with E-state index in [0.29, 0.717) is 35.0 Å². The lowest BCUT2D eigenvalue weighted by molar-refractivity contribution is -0.135. The highest BCUT2D eigenvalue weighted by atomic mass is 16.7. The Labute approximate surface area is 168 Å². The number of fused-ring (bicyclic) bond motifs is 4. The number of hydrogen-bond acceptors (Lipinski definition) is 6. The maximum Gasteiger partial charge on any atom is 0.338 e. The number of rotatable bonds is 3. The molecule has 1 atom stereocenters. The average Bonchev–Trinajstić information content (AvgIpc) is 3.17. The van der Waals surface area contributed by atoms with Crippen LogP contribution in [-0.2, 0) is 25.6 Å². The zero-order valence-electron chi connectivity index (χ0n) is 16.2. The average molecular weight is 392 g/mol. The Morgan fingerprint density at radius 1 is 1.24 bits per heavy atom. The first-order valence-electron chi connectivity index (χ1n) is 9.37. The zero-order chi connectivity index (χ0) is 20.1. The van der Waals surface area contributed by atoms with E-state index >= 15 is 0 Å². The van der Waals surface area contributed by atoms with Crippen LogP contribution in [0.4, 0.5) is 0 Å². The lowest BCUT2D eigenvalue weighted by Gasteiger charge is -2.31. The first-order valence-corrected chi connectivity index (χ1v) is 9.37. The summed E-state index contributed by atoms with van der Waals surface area (Å²) in [6, 6.07) is 3.82. The fourth-order valence-corrected chi connectivity index (χ4v) is 4.44. The molecule has 2 aliphatic carbocycles. The molecule has 0 bridgehead atoms. The minimum atomic E-state index is -0.403. The van der Waals surface area contributed by atoms with E-state index < -0.39 is 5.97 Å². The predicted molar refractivity (Wildman–Crippen MR) is 105 cm³/mol. The monoisotopic (exact) mass is 392 g/mol. The summed E-state index contributed by atoms with van der Waals surface area (Å²) in [6.07, 6.45) is 6.37. The fraction of sp³-hybridized carbons (Fsp3) is 0.261. The van der Waals surface area contributed by atoms with Gasteiger partial charge in [-0.25, -0.2) is 4.79 Å². The predicted octanol–water partition coefficient (Wildman–Crippen LogP) is 3.80. The summed E-state index contributed by atoms with van der Waals surface area (Å²) in [6.45, 7) is 4.37. The Morgan fingerprint density at radius 3 is 2.86 bits per heavy atom. The van der Waals surface area contributed by atoms with Crippen LogP contribution in [0.15, 0.2) is 65.2 Å². The molecule has 1 aromatic rings. The molecule has 2 heterocycles. The second kappa shape index (κ2) is 6.58. The second-order valence-electron chi connectivity index (χ2n) is 7.07. The molecule has 6 heteroatoms. The molecule has 0 saturated carbocycles. The van der Waals surface area contributed by atoms with Crippen LogP contribution in [0.1, 0.15) is 17.5 Å². The van der Waals surface area contributed by atoms with Crippen LogP contribution in [0.25, 0.3) is 5.57 Å². The number of methoxy groups -OCH3 is 2. The number of carbonyl (C=O) groups is 1. The number of esters is 1. The molecule has 1 unspecified atom stereocenters. The third kappa shape index (κ3) is 2.45. The van der Waals surface area contributed by atoms with Gasteiger partial charge in [0.05, 0.1) is 19.8 Å². The van der Waals surface area contributed by atoms with E-state index in [-0.39, 0.29) is 19.3 Å². The van der Waals surface area contributed by atoms with Gasteiger partial charge in [0.15, 0.2) is 23.0 Å². The van der Waals surface area contributed by atoms with Crippen molar-refractivity contribution in [2.45, 2.75) is 13.0 Å². The molecule has 0 spiro atoms. The quantitative estimate of drug-likeness (QED) is 0.729. The Hall–Kier alpha value is -3.41. The van der Waals surface area contributed by atoms with Crippen LogP contribution in [0.3, 0.4) is 0 Å². The van der Waals surface area contributed by atoms with Crippen LogP contribution >= 0.6 is 0 Å². The molecule has 29 heavy (non-hydrogen) atoms. The second-order valence-corrected chi connectivity index (χ2v) is 7.07. The third-order valence-electron chi connectivity index (χ3n) is 5.73. The first kappa shape index (κ1) is 17.7. The zero-order valence-corrected chi connectivity index (χ0v) is 16.2. The minimum Gasteiger partial charge on any atom is -0.493 e. The largest absolute Gasteiger partial charge is 0.493 e. The molecule has 0 amide bonds. The Bertz CT molecular complexity index is 1070. The molecule has 0 saturated heterocycles. The maximum atomic E-state index is 12.9. The highest BCUT2D eigenvalue weighted by Gasteiger charge is 2.40. The minimum absolute atomic E-state index is 0.0386. The van der Waals surface area contributed by atoms with E-state index in [9.17, 15) is 4.79 Å². The summed E-state index contributed by atoms with van der Waals surface area (Å²) < 4.78 is 28.2. The van der Waals surface area contributed by atoms with Crippen molar-refractivity contribution in [2.24, 2.45) is 5.92 Å². The van der Waals surface area contributed by atoms with Gasteiger partial charge in [-0.3, -0.25) is 0 Å². The molecule has 0 radical (unpaired) electrons. The van der Waals surface area contributed by atoms with Crippen LogP contribution in [-0.4, -0.2) is 27.0 Å². The fourth-order valence-electron chi connectivity index (χ4n) is 4.44. The van der Waals surface area contributed by atoms with Gasteiger partial charge >= 0.3 is 5.97 Å². The molecular weight excluding hydrogens is 372 g/mol. The van der Waals surface area contributed by atoms with Crippen molar-refractivity contribution in [3.05, 3.63) is 76.3 Å². The molecular formula is C23H20O6. The van der Waals surface area contributed by atoms with Gasteiger partial charge in [-0.15, -0.1) is 0 Å². The number of allylic oxidation sites excluding steroid dienone is 5. The Kier molecular flexibility index (Phi) is 4.01. The number of carbonyl (C=O) groups excluding carboxylic acids is 1. The lowest BCUT2D eigenvalue weighted by Crippen LogP contribution is -2.22. The summed E-state index contributed by atoms with van der Waals surface area (Å²) >= 11 is 0. The first-order chi connectivity index (χ1) is 14.2. The maximum absolute atomic E-state index is 12.9. The van der Waals surface area contributed by atoms with E-state index in [1.54, 1.807) is 13.2 Å². The molecule has 0 N–H and O–H groups in total. The Balaban J connectivity index is 1.87. The molecule has 5 rings (SSSR count). The molecule has 4 aliphatic rings. The molecule has 2 aliphatic heterocycles. The summed E-state index contributed by atoms with van der Waals surface area (Å²) in [5.74, 6) is 2.22. The van der Waals surface area contributed by atoms with Gasteiger partial charge in [-0.1, -0.05) is 18.7 Å². The van der Waals surface area contributed by atoms with Crippen molar-refractivity contribution < 1.29 is 28.5 Å². The van der Waals surface area contributed by atoms with Gasteiger partial charge in [0.2, 0.25) is 6.79 Å². The number of benzene rings is 1. The van der Waals surface area contributed by atoms with Crippen molar-refractivity contribution in [1.29, 1.82) is 0 Å². The van der Waals surface area contributed by atoms with E-state index in [2.05, 4.69) is 12.7 Å². The van der Waals surface area contributed by atoms with Gasteiger partial charge in [-0.2, -0.15) is 0 Å². The van der Waals surface area contributed by atoms with E-state index in [1.165, 1.54) is 7.11 Å². The van der Waals surface area contributed by atoms with Crippen LogP contribution in [0.2, 0.25) is 0 Å². The smallest absolute Gasteiger partial charge is 0.338 e. The highest BCUT2D eigenvalue weighted by molar-refractivity contribution is 6.10. The normalized spacial score (nSPS) is 21.2. The summed E-state index contributed by atoms with van der Waals surface area (Å²) in [5.41, 5.74) is 4.76. The van der Waals surface area contributed by atoms with E-state index in [0.717, 1.165) is 27.8 Å². The molecule has 6 nitrogen and oxygen atoms in total. The van der Waals surface area contributed by atoms with E-state index in [4.69, 9.17) is 23.7 Å². The SMILES string of the molecule is C=CC1=C(C(=O)OC)C2=C3C(=C(OC)C=CC3C1)OCc1c2ccc2c1OCO2. The standard InChI is InChI=1S/C23H20O6/c1-4-12-9-13-5-7-16(25-2)22-18(13)20(19(12)23(24)26-3)14-6-8-17-21(29-11-28-17)15(14)10-27-22/h4-8,13H,1,9-11H2,2-3H3. The lowest BCUT2D eigenvalue weighted by atomic mass is 9.73. The van der Waals surface area contributed by atoms with Gasteiger partial charge in [0, 0.05) is 22.6 Å². The number of ether oxygens (including phenoxy) is 5. The van der Waals surface area contributed by atoms with Crippen molar-refractivity contribution in [2.75, 3.05) is 21.0 Å². The van der Waals surface area contributed by atoms with Crippen LogP contribution in [0.5, 0.6) is 11.5 Å². The van der Waals surface area contributed by atoms with Gasteiger partial charge in [0.1, 0.15) is 6.61 Å².